The average molecular weight is 303 g/mol. The number of nitrogens with one attached hydrogen (secondary N) is 1. The molecule has 2 rings (SSSR count). The van der Waals surface area contributed by atoms with Crippen LogP contribution in [0.1, 0.15) is 0 Å². The molecule has 0 aliphatic heterocycles. The van der Waals surface area contributed by atoms with E-state index in [-0.39, 0.29) is 0 Å². The van der Waals surface area contributed by atoms with Crippen molar-refractivity contribution in [2.24, 2.45) is 0 Å². The maximum Gasteiger partial charge on any atom is 0.178 e. The molecular weight excluding hydrogens is 288 g/mol. The number of rotatable bonds is 4. The summed E-state index contributed by atoms with van der Waals surface area (Å²) in [6.45, 7) is 4.41. The van der Waals surface area contributed by atoms with Crippen LogP contribution in [0.5, 0.6) is 0 Å². The van der Waals surface area contributed by atoms with Crippen LogP contribution in [0.4, 0.5) is 11.4 Å². The zero-order valence-electron chi connectivity index (χ0n) is 10.9. The highest BCUT2D eigenvalue weighted by Crippen LogP contribution is 2.18. The van der Waals surface area contributed by atoms with E-state index in [0.29, 0.717) is 16.7 Å². The number of halogens is 1. The first-order chi connectivity index (χ1) is 9.70. The summed E-state index contributed by atoms with van der Waals surface area (Å²) in [4.78, 5) is 1.98. The van der Waals surface area contributed by atoms with Crippen LogP contribution < -0.4 is 10.2 Å². The van der Waals surface area contributed by atoms with Crippen LogP contribution >= 0.6 is 23.8 Å². The molecule has 0 bridgehead atoms. The minimum Gasteiger partial charge on any atom is -0.332 e. The van der Waals surface area contributed by atoms with Crippen molar-refractivity contribution in [1.29, 1.82) is 0 Å². The molecule has 0 aliphatic rings. The minimum atomic E-state index is 0.610. The Morgan fingerprint density at radius 2 is 1.95 bits per heavy atom. The third-order valence-electron chi connectivity index (χ3n) is 2.70. The van der Waals surface area contributed by atoms with E-state index >= 15 is 0 Å². The zero-order chi connectivity index (χ0) is 14.4. The van der Waals surface area contributed by atoms with Gasteiger partial charge in [0.1, 0.15) is 0 Å². The smallest absolute Gasteiger partial charge is 0.178 e. The first kappa shape index (κ1) is 14.6. The molecule has 0 atom stereocenters. The van der Waals surface area contributed by atoms with E-state index in [2.05, 4.69) is 11.9 Å². The van der Waals surface area contributed by atoms with E-state index in [1.165, 1.54) is 0 Å². The summed E-state index contributed by atoms with van der Waals surface area (Å²) in [5.41, 5.74) is 1.89. The van der Waals surface area contributed by atoms with Gasteiger partial charge in [-0.15, -0.1) is 6.58 Å². The maximum absolute atomic E-state index is 5.97. The van der Waals surface area contributed by atoms with Crippen molar-refractivity contribution in [2.45, 2.75) is 0 Å². The fourth-order valence-corrected chi connectivity index (χ4v) is 2.29. The van der Waals surface area contributed by atoms with Crippen molar-refractivity contribution in [2.75, 3.05) is 16.8 Å². The molecule has 1 N–H and O–H groups in total. The SMILES string of the molecule is C=CCN(C(=S)Nc1cccc(Cl)c1)c1ccccc1. The molecule has 0 saturated heterocycles. The molecule has 0 amide bonds. The summed E-state index contributed by atoms with van der Waals surface area (Å²) in [5.74, 6) is 0. The molecule has 0 radical (unpaired) electrons. The third-order valence-corrected chi connectivity index (χ3v) is 3.26. The fourth-order valence-electron chi connectivity index (χ4n) is 1.80. The van der Waals surface area contributed by atoms with Gasteiger partial charge in [-0.05, 0) is 42.5 Å². The second kappa shape index (κ2) is 7.08. The highest BCUT2D eigenvalue weighted by Gasteiger charge is 2.10. The predicted octanol–water partition coefficient (Wildman–Crippen LogP) is 4.73. The predicted molar refractivity (Wildman–Crippen MR) is 91.7 cm³/mol. The number of hydrogen-bond donors (Lipinski definition) is 1. The lowest BCUT2D eigenvalue weighted by molar-refractivity contribution is 1.15. The fraction of sp³-hybridized carbons (Fsp3) is 0.0625. The Morgan fingerprint density at radius 1 is 1.20 bits per heavy atom. The highest BCUT2D eigenvalue weighted by atomic mass is 35.5. The Hall–Kier alpha value is -1.84. The molecule has 0 aromatic heterocycles. The molecular formula is C16H15ClN2S. The van der Waals surface area contributed by atoms with E-state index in [0.717, 1.165) is 11.4 Å². The third kappa shape index (κ3) is 3.83. The van der Waals surface area contributed by atoms with Gasteiger partial charge in [-0.1, -0.05) is 41.9 Å². The lowest BCUT2D eigenvalue weighted by Gasteiger charge is -2.24. The zero-order valence-corrected chi connectivity index (χ0v) is 12.5. The van der Waals surface area contributed by atoms with Gasteiger partial charge in [-0.25, -0.2) is 0 Å². The van der Waals surface area contributed by atoms with Gasteiger partial charge >= 0.3 is 0 Å². The van der Waals surface area contributed by atoms with Crippen molar-refractivity contribution in [3.8, 4) is 0 Å². The van der Waals surface area contributed by atoms with E-state index in [9.17, 15) is 0 Å². The maximum atomic E-state index is 5.97. The van der Waals surface area contributed by atoms with Crippen LogP contribution in [-0.4, -0.2) is 11.7 Å². The first-order valence-corrected chi connectivity index (χ1v) is 6.99. The van der Waals surface area contributed by atoms with Crippen LogP contribution in [0.2, 0.25) is 5.02 Å². The van der Waals surface area contributed by atoms with Crippen LogP contribution in [0.3, 0.4) is 0 Å². The number of thiocarbonyl (C=S) groups is 1. The number of anilines is 2. The van der Waals surface area contributed by atoms with Crippen molar-refractivity contribution in [1.82, 2.24) is 0 Å². The van der Waals surface area contributed by atoms with Gasteiger partial charge in [-0.3, -0.25) is 0 Å². The summed E-state index contributed by atoms with van der Waals surface area (Å²) >= 11 is 11.4. The number of nitrogens with zero attached hydrogens (tertiary/aromatic N) is 1. The molecule has 20 heavy (non-hydrogen) atoms. The summed E-state index contributed by atoms with van der Waals surface area (Å²) in [6, 6.07) is 17.4. The monoisotopic (exact) mass is 302 g/mol. The number of benzene rings is 2. The van der Waals surface area contributed by atoms with Crippen molar-refractivity contribution in [3.05, 3.63) is 72.3 Å². The molecule has 102 valence electrons. The van der Waals surface area contributed by atoms with Gasteiger partial charge in [-0.2, -0.15) is 0 Å². The Kier molecular flexibility index (Phi) is 5.16. The van der Waals surface area contributed by atoms with Crippen LogP contribution in [-0.2, 0) is 0 Å². The molecule has 4 heteroatoms. The Balaban J connectivity index is 2.17. The van der Waals surface area contributed by atoms with Crippen molar-refractivity contribution >= 4 is 40.3 Å². The van der Waals surface area contributed by atoms with Gasteiger partial charge in [0.25, 0.3) is 0 Å². The normalized spacial score (nSPS) is 9.85. The van der Waals surface area contributed by atoms with Gasteiger partial charge in [0.2, 0.25) is 0 Å². The summed E-state index contributed by atoms with van der Waals surface area (Å²) < 4.78 is 0. The second-order valence-electron chi connectivity index (χ2n) is 4.18. The van der Waals surface area contributed by atoms with Gasteiger partial charge in [0, 0.05) is 22.9 Å². The summed E-state index contributed by atoms with van der Waals surface area (Å²) in [5, 5.41) is 4.47. The quantitative estimate of drug-likeness (QED) is 0.649. The second-order valence-corrected chi connectivity index (χ2v) is 5.00. The van der Waals surface area contributed by atoms with Crippen molar-refractivity contribution < 1.29 is 0 Å². The lowest BCUT2D eigenvalue weighted by Crippen LogP contribution is -2.34. The number of para-hydroxylation sites is 1. The molecule has 2 aromatic rings. The Labute approximate surface area is 129 Å². The molecule has 0 fully saturated rings. The standard InChI is InChI=1S/C16H15ClN2S/c1-2-11-19(15-9-4-3-5-10-15)16(20)18-14-8-6-7-13(17)12-14/h2-10,12H,1,11H2,(H,18,20). The molecule has 0 unspecified atom stereocenters. The van der Waals surface area contributed by atoms with Crippen LogP contribution in [0.25, 0.3) is 0 Å². The Morgan fingerprint density at radius 3 is 2.60 bits per heavy atom. The molecule has 0 aliphatic carbocycles. The van der Waals surface area contributed by atoms with Gasteiger partial charge < -0.3 is 10.2 Å². The Bertz CT molecular complexity index is 598. The highest BCUT2D eigenvalue weighted by molar-refractivity contribution is 7.80. The van der Waals surface area contributed by atoms with Crippen LogP contribution in [0, 0.1) is 0 Å². The molecule has 2 nitrogen and oxygen atoms in total. The summed E-state index contributed by atoms with van der Waals surface area (Å²) in [7, 11) is 0. The van der Waals surface area contributed by atoms with Gasteiger partial charge in [0.05, 0.1) is 0 Å². The van der Waals surface area contributed by atoms with E-state index in [4.69, 9.17) is 23.8 Å². The molecule has 0 saturated carbocycles. The number of hydrogen-bond acceptors (Lipinski definition) is 1. The van der Waals surface area contributed by atoms with E-state index < -0.39 is 0 Å². The molecule has 0 spiro atoms. The minimum absolute atomic E-state index is 0.610. The van der Waals surface area contributed by atoms with Gasteiger partial charge in [0.15, 0.2) is 5.11 Å². The largest absolute Gasteiger partial charge is 0.332 e. The van der Waals surface area contributed by atoms with E-state index in [1.807, 2.05) is 65.6 Å². The average Bonchev–Trinajstić information content (AvgIpc) is 2.45. The lowest BCUT2D eigenvalue weighted by atomic mass is 10.3. The van der Waals surface area contributed by atoms with Crippen LogP contribution in [0.15, 0.2) is 67.3 Å². The molecule has 2 aromatic carbocycles. The molecule has 0 heterocycles. The topological polar surface area (TPSA) is 15.3 Å². The van der Waals surface area contributed by atoms with E-state index in [1.54, 1.807) is 0 Å². The first-order valence-electron chi connectivity index (χ1n) is 6.21. The summed E-state index contributed by atoms with van der Waals surface area (Å²) in [6.07, 6.45) is 1.82. The van der Waals surface area contributed by atoms with Crippen molar-refractivity contribution in [3.63, 3.8) is 0 Å².